The van der Waals surface area contributed by atoms with Crippen molar-refractivity contribution in [2.75, 3.05) is 0 Å². The van der Waals surface area contributed by atoms with E-state index < -0.39 is 0 Å². The lowest BCUT2D eigenvalue weighted by Gasteiger charge is -2.10. The minimum Gasteiger partial charge on any atom is -0.470 e. The van der Waals surface area contributed by atoms with Gasteiger partial charge >= 0.3 is 0 Å². The summed E-state index contributed by atoms with van der Waals surface area (Å²) < 4.78 is 14.5. The Bertz CT molecular complexity index is 1270. The van der Waals surface area contributed by atoms with E-state index in [1.807, 2.05) is 31.2 Å². The monoisotopic (exact) mass is 362 g/mol. The molecule has 0 unspecified atom stereocenters. The van der Waals surface area contributed by atoms with Crippen LogP contribution in [0.15, 0.2) is 41.3 Å². The topological polar surface area (TPSA) is 109 Å². The van der Waals surface area contributed by atoms with Crippen molar-refractivity contribution in [3.8, 4) is 17.1 Å². The summed E-state index contributed by atoms with van der Waals surface area (Å²) in [6, 6.07) is 7.70. The van der Waals surface area contributed by atoms with Gasteiger partial charge in [-0.05, 0) is 6.92 Å². The van der Waals surface area contributed by atoms with E-state index in [1.54, 1.807) is 22.4 Å². The van der Waals surface area contributed by atoms with Crippen molar-refractivity contribution in [1.29, 1.82) is 0 Å². The Hall–Kier alpha value is -3.82. The number of aromatic nitrogens is 8. The van der Waals surface area contributed by atoms with Crippen LogP contribution in [0.1, 0.15) is 11.5 Å². The molecule has 0 bridgehead atoms. The third-order valence-electron chi connectivity index (χ3n) is 4.16. The molecule has 10 nitrogen and oxygen atoms in total. The molecule has 0 fully saturated rings. The molecule has 0 atom stereocenters. The number of rotatable bonds is 4. The number of nitrogens with zero attached hydrogens (tertiary/aromatic N) is 8. The first-order valence-corrected chi connectivity index (χ1v) is 8.23. The normalized spacial score (nSPS) is 11.5. The third kappa shape index (κ3) is 2.58. The van der Waals surface area contributed by atoms with Crippen molar-refractivity contribution in [3.05, 3.63) is 48.2 Å². The second-order valence-corrected chi connectivity index (χ2v) is 6.13. The van der Waals surface area contributed by atoms with Crippen molar-refractivity contribution >= 4 is 16.4 Å². The molecule has 0 aliphatic carbocycles. The molecular formula is C17H14N8O2. The summed E-state index contributed by atoms with van der Waals surface area (Å²) in [7, 11) is 1.80. The molecule has 4 heterocycles. The zero-order valence-corrected chi connectivity index (χ0v) is 14.6. The second kappa shape index (κ2) is 5.87. The highest BCUT2D eigenvalue weighted by Gasteiger charge is 2.18. The first-order chi connectivity index (χ1) is 13.2. The summed E-state index contributed by atoms with van der Waals surface area (Å²) in [6.07, 6.45) is 3.33. The molecular weight excluding hydrogens is 348 g/mol. The molecule has 0 aliphatic rings. The van der Waals surface area contributed by atoms with E-state index >= 15 is 0 Å². The number of fused-ring (bicyclic) bond motifs is 3. The van der Waals surface area contributed by atoms with Gasteiger partial charge in [0.15, 0.2) is 5.65 Å². The Labute approximate surface area is 152 Å². The Morgan fingerprint density at radius 2 is 2.15 bits per heavy atom. The number of hydrogen-bond donors (Lipinski definition) is 0. The molecule has 0 saturated heterocycles. The highest BCUT2D eigenvalue weighted by Crippen LogP contribution is 2.35. The fraction of sp³-hybridized carbons (Fsp3) is 0.176. The number of benzene rings is 1. The van der Waals surface area contributed by atoms with Gasteiger partial charge in [0.2, 0.25) is 5.88 Å². The quantitative estimate of drug-likeness (QED) is 0.477. The number of hydrogen-bond acceptors (Lipinski definition) is 8. The minimum absolute atomic E-state index is 0.232. The molecule has 0 spiro atoms. The molecule has 4 aromatic heterocycles. The summed E-state index contributed by atoms with van der Waals surface area (Å²) in [5.74, 6) is 1.15. The van der Waals surface area contributed by atoms with E-state index in [4.69, 9.17) is 9.26 Å². The summed E-state index contributed by atoms with van der Waals surface area (Å²) in [4.78, 5) is 0. The fourth-order valence-electron chi connectivity index (χ4n) is 3.01. The molecule has 10 heteroatoms. The van der Waals surface area contributed by atoms with Crippen molar-refractivity contribution in [1.82, 2.24) is 40.0 Å². The lowest BCUT2D eigenvalue weighted by atomic mass is 10.0. The maximum atomic E-state index is 6.00. The molecule has 0 N–H and O–H groups in total. The van der Waals surface area contributed by atoms with Crippen LogP contribution >= 0.6 is 0 Å². The van der Waals surface area contributed by atoms with Gasteiger partial charge in [-0.25, -0.2) is 0 Å². The molecule has 0 radical (unpaired) electrons. The van der Waals surface area contributed by atoms with Crippen LogP contribution in [0.25, 0.3) is 27.7 Å². The first kappa shape index (κ1) is 15.4. The zero-order valence-electron chi connectivity index (χ0n) is 14.6. The Kier molecular flexibility index (Phi) is 3.35. The average Bonchev–Trinajstić information content (AvgIpc) is 3.40. The largest absolute Gasteiger partial charge is 0.470 e. The van der Waals surface area contributed by atoms with Gasteiger partial charge in [-0.1, -0.05) is 28.6 Å². The maximum Gasteiger partial charge on any atom is 0.240 e. The van der Waals surface area contributed by atoms with Gasteiger partial charge in [-0.15, -0.1) is 20.4 Å². The first-order valence-electron chi connectivity index (χ1n) is 8.23. The lowest BCUT2D eigenvalue weighted by molar-refractivity contribution is 0.289. The summed E-state index contributed by atoms with van der Waals surface area (Å²) in [5.41, 5.74) is 2.88. The zero-order chi connectivity index (χ0) is 18.4. The van der Waals surface area contributed by atoms with Crippen molar-refractivity contribution in [2.24, 2.45) is 7.05 Å². The predicted octanol–water partition coefficient (Wildman–Crippen LogP) is 1.95. The van der Waals surface area contributed by atoms with Crippen molar-refractivity contribution in [2.45, 2.75) is 13.5 Å². The van der Waals surface area contributed by atoms with Gasteiger partial charge in [-0.3, -0.25) is 4.68 Å². The fourth-order valence-corrected chi connectivity index (χ4v) is 3.01. The molecule has 5 rings (SSSR count). The average molecular weight is 362 g/mol. The summed E-state index contributed by atoms with van der Waals surface area (Å²) in [6.45, 7) is 2.08. The van der Waals surface area contributed by atoms with Crippen LogP contribution in [0.5, 0.6) is 5.88 Å². The second-order valence-electron chi connectivity index (χ2n) is 6.13. The van der Waals surface area contributed by atoms with Gasteiger partial charge in [0.05, 0.1) is 11.6 Å². The van der Waals surface area contributed by atoms with Gasteiger partial charge in [0.1, 0.15) is 30.1 Å². The van der Waals surface area contributed by atoms with Gasteiger partial charge in [0, 0.05) is 24.1 Å². The Morgan fingerprint density at radius 3 is 2.93 bits per heavy atom. The lowest BCUT2D eigenvalue weighted by Crippen LogP contribution is -2.03. The summed E-state index contributed by atoms with van der Waals surface area (Å²) in [5, 5.41) is 26.4. The number of aryl methyl sites for hydroxylation is 2. The van der Waals surface area contributed by atoms with E-state index in [1.165, 1.54) is 6.33 Å². The van der Waals surface area contributed by atoms with Crippen LogP contribution in [0.3, 0.4) is 0 Å². The maximum absolute atomic E-state index is 6.00. The van der Waals surface area contributed by atoms with E-state index in [9.17, 15) is 0 Å². The van der Waals surface area contributed by atoms with E-state index in [2.05, 4.69) is 30.8 Å². The van der Waals surface area contributed by atoms with E-state index in [0.717, 1.165) is 22.1 Å². The van der Waals surface area contributed by atoms with Crippen LogP contribution in [-0.2, 0) is 13.7 Å². The molecule has 134 valence electrons. The van der Waals surface area contributed by atoms with Crippen LogP contribution < -0.4 is 4.74 Å². The molecule has 0 aliphatic heterocycles. The van der Waals surface area contributed by atoms with Crippen LogP contribution in [-0.4, -0.2) is 40.0 Å². The standard InChI is InChI=1S/C17H14N8O2/c1-10-6-14(22-27-10)12-4-3-5-13-15(12)17(21-25-9-18-20-16(13)25)26-8-11-7-24(2)23-19-11/h3-7,9H,8H2,1-2H3. The van der Waals surface area contributed by atoms with Gasteiger partial charge in [-0.2, -0.15) is 4.52 Å². The Balaban J connectivity index is 1.71. The Morgan fingerprint density at radius 1 is 1.22 bits per heavy atom. The van der Waals surface area contributed by atoms with Crippen LogP contribution in [0, 0.1) is 6.92 Å². The molecule has 0 amide bonds. The van der Waals surface area contributed by atoms with Gasteiger partial charge < -0.3 is 9.26 Å². The van der Waals surface area contributed by atoms with Crippen LogP contribution in [0.4, 0.5) is 0 Å². The third-order valence-corrected chi connectivity index (χ3v) is 4.16. The van der Waals surface area contributed by atoms with Crippen molar-refractivity contribution < 1.29 is 9.26 Å². The molecule has 5 aromatic rings. The smallest absolute Gasteiger partial charge is 0.240 e. The molecule has 0 saturated carbocycles. The molecule has 27 heavy (non-hydrogen) atoms. The summed E-state index contributed by atoms with van der Waals surface area (Å²) >= 11 is 0. The van der Waals surface area contributed by atoms with Crippen molar-refractivity contribution in [3.63, 3.8) is 0 Å². The molecule has 1 aromatic carbocycles. The van der Waals surface area contributed by atoms with Gasteiger partial charge in [0.25, 0.3) is 0 Å². The van der Waals surface area contributed by atoms with E-state index in [0.29, 0.717) is 22.9 Å². The highest BCUT2D eigenvalue weighted by atomic mass is 16.5. The predicted molar refractivity (Wildman–Crippen MR) is 93.9 cm³/mol. The number of ether oxygens (including phenoxy) is 1. The van der Waals surface area contributed by atoms with Crippen LogP contribution in [0.2, 0.25) is 0 Å². The SMILES string of the molecule is Cc1cc(-c2cccc3c2c(OCc2cn(C)nn2)nn2cnnc32)no1. The van der Waals surface area contributed by atoms with E-state index in [-0.39, 0.29) is 6.61 Å². The highest BCUT2D eigenvalue weighted by molar-refractivity contribution is 6.05. The minimum atomic E-state index is 0.232.